The highest BCUT2D eigenvalue weighted by molar-refractivity contribution is 6.32. The Balaban J connectivity index is 1.86. The second-order valence-corrected chi connectivity index (χ2v) is 5.26. The van der Waals surface area contributed by atoms with E-state index < -0.39 is 16.5 Å². The number of nitrogens with zero attached hydrogens (tertiary/aromatic N) is 5. The maximum absolute atomic E-state index is 12.0. The molecule has 1 unspecified atom stereocenters. The Morgan fingerprint density at radius 3 is 2.96 bits per heavy atom. The van der Waals surface area contributed by atoms with Crippen molar-refractivity contribution in [2.75, 3.05) is 0 Å². The molecule has 0 saturated carbocycles. The van der Waals surface area contributed by atoms with Crippen LogP contribution in [0.5, 0.6) is 0 Å². The van der Waals surface area contributed by atoms with Gasteiger partial charge in [-0.1, -0.05) is 28.8 Å². The summed E-state index contributed by atoms with van der Waals surface area (Å²) >= 11 is 0. The van der Waals surface area contributed by atoms with Gasteiger partial charge in [-0.25, -0.2) is 9.36 Å². The molecular formula is C12H8BN5O5. The fourth-order valence-corrected chi connectivity index (χ4v) is 2.76. The number of aromatic nitrogens is 4. The molecule has 1 aliphatic carbocycles. The molecule has 114 valence electrons. The Kier molecular flexibility index (Phi) is 2.70. The first-order chi connectivity index (χ1) is 11.1. The highest BCUT2D eigenvalue weighted by Crippen LogP contribution is 2.37. The molecule has 2 heterocycles. The van der Waals surface area contributed by atoms with E-state index in [2.05, 4.69) is 24.6 Å². The van der Waals surface area contributed by atoms with E-state index in [0.717, 1.165) is 16.6 Å². The van der Waals surface area contributed by atoms with E-state index >= 15 is 0 Å². The quantitative estimate of drug-likeness (QED) is 0.349. The predicted molar refractivity (Wildman–Crippen MR) is 77.2 cm³/mol. The van der Waals surface area contributed by atoms with Gasteiger partial charge >= 0.3 is 11.6 Å². The Bertz CT molecular complexity index is 990. The highest BCUT2D eigenvalue weighted by atomic mass is 16.6. The minimum Gasteiger partial charge on any atom is -0.358 e. The van der Waals surface area contributed by atoms with E-state index in [4.69, 9.17) is 0 Å². The second kappa shape index (κ2) is 4.63. The molecule has 0 N–H and O–H groups in total. The number of hydrogen-bond donors (Lipinski definition) is 0. The average Bonchev–Trinajstić information content (AvgIpc) is 3.10. The molecule has 1 aliphatic rings. The molecule has 10 nitrogen and oxygen atoms in total. The normalized spacial score (nSPS) is 15.9. The molecule has 11 heteroatoms. The van der Waals surface area contributed by atoms with Crippen LogP contribution in [-0.4, -0.2) is 32.8 Å². The van der Waals surface area contributed by atoms with Crippen molar-refractivity contribution in [1.82, 2.24) is 20.0 Å². The Hall–Kier alpha value is -3.24. The van der Waals surface area contributed by atoms with Gasteiger partial charge in [-0.3, -0.25) is 4.52 Å². The minimum atomic E-state index is -0.756. The third-order valence-electron chi connectivity index (χ3n) is 3.88. The van der Waals surface area contributed by atoms with Gasteiger partial charge in [-0.05, 0) is 27.6 Å². The molecule has 2 aromatic heterocycles. The van der Waals surface area contributed by atoms with Crippen molar-refractivity contribution in [1.29, 1.82) is 0 Å². The lowest BCUT2D eigenvalue weighted by Crippen LogP contribution is -2.32. The summed E-state index contributed by atoms with van der Waals surface area (Å²) in [5, 5.41) is 21.3. The van der Waals surface area contributed by atoms with Crippen LogP contribution in [0.3, 0.4) is 0 Å². The molecule has 4 rings (SSSR count). The van der Waals surface area contributed by atoms with Gasteiger partial charge in [0.1, 0.15) is 7.85 Å². The van der Waals surface area contributed by atoms with Crippen LogP contribution >= 0.6 is 0 Å². The van der Waals surface area contributed by atoms with Crippen LogP contribution < -0.4 is 11.2 Å². The maximum Gasteiger partial charge on any atom is 0.446 e. The summed E-state index contributed by atoms with van der Waals surface area (Å²) in [6.45, 7) is 0. The van der Waals surface area contributed by atoms with Gasteiger partial charge in [0.2, 0.25) is 5.82 Å². The van der Waals surface area contributed by atoms with Crippen molar-refractivity contribution in [3.05, 3.63) is 50.0 Å². The van der Waals surface area contributed by atoms with Crippen molar-refractivity contribution in [2.24, 2.45) is 0 Å². The van der Waals surface area contributed by atoms with Crippen LogP contribution in [0.2, 0.25) is 0 Å². The molecule has 0 aliphatic heterocycles. The standard InChI is InChI=1S/C12H8BN5O5/c13-6-2-1-5-3-8(7(5)4-6)17-10(15-22-12(17)19)9-11(18(20)21)16-23-14-9/h1-2,4,8H,3,13H2. The molecule has 0 saturated heterocycles. The Morgan fingerprint density at radius 2 is 2.17 bits per heavy atom. The summed E-state index contributed by atoms with van der Waals surface area (Å²) in [4.78, 5) is 22.2. The van der Waals surface area contributed by atoms with Crippen LogP contribution in [0.15, 0.2) is 32.1 Å². The predicted octanol–water partition coefficient (Wildman–Crippen LogP) is -0.802. The van der Waals surface area contributed by atoms with Gasteiger partial charge in [-0.2, -0.15) is 0 Å². The van der Waals surface area contributed by atoms with E-state index in [0.29, 0.717) is 6.42 Å². The number of nitro groups is 1. The van der Waals surface area contributed by atoms with Crippen molar-refractivity contribution < 1.29 is 14.1 Å². The van der Waals surface area contributed by atoms with E-state index in [1.165, 1.54) is 4.57 Å². The maximum atomic E-state index is 12.0. The number of fused-ring (bicyclic) bond motifs is 1. The fraction of sp³-hybridized carbons (Fsp3) is 0.167. The van der Waals surface area contributed by atoms with Crippen molar-refractivity contribution in [2.45, 2.75) is 12.5 Å². The molecule has 0 radical (unpaired) electrons. The molecule has 23 heavy (non-hydrogen) atoms. The molecule has 3 aromatic rings. The number of hydrogen-bond acceptors (Lipinski definition) is 8. The summed E-state index contributed by atoms with van der Waals surface area (Å²) in [6, 6.07) is 5.62. The summed E-state index contributed by atoms with van der Waals surface area (Å²) in [5.74, 6) is -1.40. The molecule has 1 aromatic carbocycles. The average molecular weight is 313 g/mol. The van der Waals surface area contributed by atoms with Crippen molar-refractivity contribution in [3.8, 4) is 11.5 Å². The summed E-state index contributed by atoms with van der Waals surface area (Å²) in [6.07, 6.45) is 0.600. The fourth-order valence-electron chi connectivity index (χ4n) is 2.76. The lowest BCUT2D eigenvalue weighted by atomic mass is 9.79. The van der Waals surface area contributed by atoms with Gasteiger partial charge in [0.05, 0.1) is 6.04 Å². The van der Waals surface area contributed by atoms with Crippen LogP contribution in [0.4, 0.5) is 5.82 Å². The van der Waals surface area contributed by atoms with Gasteiger partial charge in [0.15, 0.2) is 5.16 Å². The monoisotopic (exact) mass is 313 g/mol. The third kappa shape index (κ3) is 1.89. The second-order valence-electron chi connectivity index (χ2n) is 5.26. The molecule has 1 atom stereocenters. The van der Waals surface area contributed by atoms with Crippen LogP contribution in [-0.2, 0) is 6.42 Å². The third-order valence-corrected chi connectivity index (χ3v) is 3.88. The van der Waals surface area contributed by atoms with Gasteiger partial charge in [0, 0.05) is 0 Å². The zero-order valence-corrected chi connectivity index (χ0v) is 11.8. The summed E-state index contributed by atoms with van der Waals surface area (Å²) in [7, 11) is 1.94. The summed E-state index contributed by atoms with van der Waals surface area (Å²) in [5.41, 5.74) is 2.87. The van der Waals surface area contributed by atoms with E-state index in [9.17, 15) is 14.9 Å². The largest absolute Gasteiger partial charge is 0.446 e. The zero-order valence-electron chi connectivity index (χ0n) is 11.8. The Labute approximate surface area is 128 Å². The first kappa shape index (κ1) is 13.4. The van der Waals surface area contributed by atoms with E-state index in [-0.39, 0.29) is 17.6 Å². The molecule has 0 spiro atoms. The smallest absolute Gasteiger partial charge is 0.358 e. The molecule has 0 bridgehead atoms. The minimum absolute atomic E-state index is 0.0693. The molecule has 0 amide bonds. The zero-order chi connectivity index (χ0) is 16.1. The van der Waals surface area contributed by atoms with Gasteiger partial charge in [-0.15, -0.1) is 4.63 Å². The Morgan fingerprint density at radius 1 is 1.35 bits per heavy atom. The molecular weight excluding hydrogens is 305 g/mol. The van der Waals surface area contributed by atoms with Crippen molar-refractivity contribution >= 4 is 19.1 Å². The van der Waals surface area contributed by atoms with Gasteiger partial charge in [0.25, 0.3) is 5.69 Å². The number of benzene rings is 1. The van der Waals surface area contributed by atoms with Crippen LogP contribution in [0.25, 0.3) is 11.5 Å². The van der Waals surface area contributed by atoms with Crippen LogP contribution in [0, 0.1) is 10.1 Å². The van der Waals surface area contributed by atoms with E-state index in [1.807, 2.05) is 26.0 Å². The first-order valence-corrected chi connectivity index (χ1v) is 6.71. The summed E-state index contributed by atoms with van der Waals surface area (Å²) < 4.78 is 10.3. The SMILES string of the molecule is Bc1ccc2c(c1)C(n1c(-c3nonc3[N+](=O)[O-])noc1=O)C2. The first-order valence-electron chi connectivity index (χ1n) is 6.71. The lowest BCUT2D eigenvalue weighted by molar-refractivity contribution is -0.390. The number of rotatable bonds is 3. The molecule has 0 fully saturated rings. The van der Waals surface area contributed by atoms with Gasteiger partial charge < -0.3 is 10.1 Å². The van der Waals surface area contributed by atoms with E-state index in [1.54, 1.807) is 0 Å². The van der Waals surface area contributed by atoms with Crippen molar-refractivity contribution in [3.63, 3.8) is 0 Å². The lowest BCUT2D eigenvalue weighted by Gasteiger charge is -2.30. The van der Waals surface area contributed by atoms with Crippen LogP contribution in [0.1, 0.15) is 17.2 Å². The topological polar surface area (TPSA) is 130 Å². The highest BCUT2D eigenvalue weighted by Gasteiger charge is 2.36.